The van der Waals surface area contributed by atoms with Crippen molar-refractivity contribution < 1.29 is 9.26 Å². The van der Waals surface area contributed by atoms with Crippen LogP contribution in [0.25, 0.3) is 0 Å². The van der Waals surface area contributed by atoms with Gasteiger partial charge in [-0.15, -0.1) is 0 Å². The van der Waals surface area contributed by atoms with E-state index in [4.69, 9.17) is 15.0 Å². The molecule has 1 aromatic heterocycles. The van der Waals surface area contributed by atoms with Gasteiger partial charge in [0.15, 0.2) is 5.82 Å². The van der Waals surface area contributed by atoms with Gasteiger partial charge in [0, 0.05) is 13.0 Å². The molecule has 13 heavy (non-hydrogen) atoms. The van der Waals surface area contributed by atoms with E-state index in [0.29, 0.717) is 31.5 Å². The van der Waals surface area contributed by atoms with Crippen LogP contribution in [0.15, 0.2) is 4.52 Å². The molecule has 0 fully saturated rings. The van der Waals surface area contributed by atoms with Crippen LogP contribution in [-0.4, -0.2) is 23.3 Å². The van der Waals surface area contributed by atoms with Gasteiger partial charge in [0.1, 0.15) is 6.61 Å². The number of nitrogens with zero attached hydrogens (tertiary/aromatic N) is 2. The maximum Gasteiger partial charge on any atom is 0.226 e. The minimum Gasteiger partial charge on any atom is -0.373 e. The molecule has 74 valence electrons. The molecule has 0 spiro atoms. The second kappa shape index (κ2) is 5.66. The van der Waals surface area contributed by atoms with Crippen molar-refractivity contribution in [2.75, 3.05) is 13.2 Å². The molecule has 0 aromatic carbocycles. The Labute approximate surface area is 77.3 Å². The summed E-state index contributed by atoms with van der Waals surface area (Å²) in [6, 6.07) is 0. The largest absolute Gasteiger partial charge is 0.373 e. The number of hydrogen-bond donors (Lipinski definition) is 1. The van der Waals surface area contributed by atoms with E-state index < -0.39 is 0 Å². The first kappa shape index (κ1) is 10.1. The van der Waals surface area contributed by atoms with E-state index in [1.807, 2.05) is 6.92 Å². The van der Waals surface area contributed by atoms with Crippen molar-refractivity contribution in [2.24, 2.45) is 5.73 Å². The van der Waals surface area contributed by atoms with E-state index in [0.717, 1.165) is 12.8 Å². The van der Waals surface area contributed by atoms with Gasteiger partial charge in [-0.2, -0.15) is 4.98 Å². The lowest BCUT2D eigenvalue weighted by Crippen LogP contribution is -2.04. The lowest BCUT2D eigenvalue weighted by molar-refractivity contribution is 0.112. The predicted octanol–water partition coefficient (Wildman–Crippen LogP) is 0.497. The SMILES string of the molecule is CCc1nc(COCCCN)no1. The Morgan fingerprint density at radius 3 is 3.00 bits per heavy atom. The Morgan fingerprint density at radius 2 is 2.38 bits per heavy atom. The molecule has 0 aliphatic carbocycles. The zero-order valence-electron chi connectivity index (χ0n) is 7.82. The number of aryl methyl sites for hydroxylation is 1. The van der Waals surface area contributed by atoms with Gasteiger partial charge in [0.05, 0.1) is 0 Å². The highest BCUT2D eigenvalue weighted by atomic mass is 16.5. The number of nitrogens with two attached hydrogens (primary N) is 1. The summed E-state index contributed by atoms with van der Waals surface area (Å²) in [5, 5.41) is 3.74. The number of hydrogen-bond acceptors (Lipinski definition) is 5. The van der Waals surface area contributed by atoms with Gasteiger partial charge in [-0.25, -0.2) is 0 Å². The molecule has 0 aliphatic rings. The Morgan fingerprint density at radius 1 is 1.54 bits per heavy atom. The van der Waals surface area contributed by atoms with E-state index in [9.17, 15) is 0 Å². The van der Waals surface area contributed by atoms with Crippen molar-refractivity contribution in [3.8, 4) is 0 Å². The van der Waals surface area contributed by atoms with E-state index in [1.54, 1.807) is 0 Å². The van der Waals surface area contributed by atoms with Gasteiger partial charge >= 0.3 is 0 Å². The van der Waals surface area contributed by atoms with Crippen LogP contribution in [0.4, 0.5) is 0 Å². The highest BCUT2D eigenvalue weighted by molar-refractivity contribution is 4.83. The fourth-order valence-electron chi connectivity index (χ4n) is 0.841. The predicted molar refractivity (Wildman–Crippen MR) is 47.0 cm³/mol. The van der Waals surface area contributed by atoms with Crippen molar-refractivity contribution >= 4 is 0 Å². The Hall–Kier alpha value is -0.940. The van der Waals surface area contributed by atoms with Crippen LogP contribution in [0, 0.1) is 0 Å². The molecule has 5 heteroatoms. The summed E-state index contributed by atoms with van der Waals surface area (Å²) in [5.74, 6) is 1.26. The molecule has 1 heterocycles. The smallest absolute Gasteiger partial charge is 0.226 e. The molecule has 0 saturated heterocycles. The number of rotatable bonds is 6. The molecule has 1 aromatic rings. The lowest BCUT2D eigenvalue weighted by Gasteiger charge is -1.97. The topological polar surface area (TPSA) is 74.2 Å². The molecule has 0 atom stereocenters. The molecule has 0 amide bonds. The van der Waals surface area contributed by atoms with Crippen LogP contribution >= 0.6 is 0 Å². The minimum atomic E-state index is 0.406. The Bertz CT molecular complexity index is 237. The molecule has 0 aliphatic heterocycles. The van der Waals surface area contributed by atoms with E-state index in [-0.39, 0.29) is 0 Å². The summed E-state index contributed by atoms with van der Waals surface area (Å²) in [6.45, 7) is 3.66. The van der Waals surface area contributed by atoms with Crippen LogP contribution in [-0.2, 0) is 17.8 Å². The van der Waals surface area contributed by atoms with E-state index in [2.05, 4.69) is 10.1 Å². The normalized spacial score (nSPS) is 10.6. The van der Waals surface area contributed by atoms with Crippen LogP contribution < -0.4 is 5.73 Å². The maximum atomic E-state index is 5.30. The van der Waals surface area contributed by atoms with Gasteiger partial charge < -0.3 is 15.0 Å². The quantitative estimate of drug-likeness (QED) is 0.653. The number of aromatic nitrogens is 2. The van der Waals surface area contributed by atoms with Crippen molar-refractivity contribution in [3.05, 3.63) is 11.7 Å². The second-order valence-electron chi connectivity index (χ2n) is 2.65. The zero-order valence-corrected chi connectivity index (χ0v) is 7.82. The molecule has 0 saturated carbocycles. The van der Waals surface area contributed by atoms with Gasteiger partial charge in [-0.05, 0) is 13.0 Å². The molecular formula is C8H15N3O2. The second-order valence-corrected chi connectivity index (χ2v) is 2.65. The first-order valence-electron chi connectivity index (χ1n) is 4.46. The first-order valence-corrected chi connectivity index (χ1v) is 4.46. The van der Waals surface area contributed by atoms with Gasteiger partial charge in [-0.3, -0.25) is 0 Å². The average molecular weight is 185 g/mol. The third-order valence-corrected chi connectivity index (χ3v) is 1.54. The number of ether oxygens (including phenoxy) is 1. The summed E-state index contributed by atoms with van der Waals surface area (Å²) in [5.41, 5.74) is 5.30. The van der Waals surface area contributed by atoms with Crippen LogP contribution in [0.3, 0.4) is 0 Å². The zero-order chi connectivity index (χ0) is 9.52. The molecule has 0 radical (unpaired) electrons. The summed E-state index contributed by atoms with van der Waals surface area (Å²) in [6.07, 6.45) is 1.62. The van der Waals surface area contributed by atoms with Crippen molar-refractivity contribution in [3.63, 3.8) is 0 Å². The molecule has 5 nitrogen and oxygen atoms in total. The first-order chi connectivity index (χ1) is 6.36. The molecule has 2 N–H and O–H groups in total. The lowest BCUT2D eigenvalue weighted by atomic mass is 10.5. The summed E-state index contributed by atoms with van der Waals surface area (Å²) in [7, 11) is 0. The van der Waals surface area contributed by atoms with E-state index in [1.165, 1.54) is 0 Å². The Balaban J connectivity index is 2.20. The summed E-state index contributed by atoms with van der Waals surface area (Å²) in [4.78, 5) is 4.09. The van der Waals surface area contributed by atoms with Gasteiger partial charge in [0.2, 0.25) is 5.89 Å². The molecular weight excluding hydrogens is 170 g/mol. The van der Waals surface area contributed by atoms with Crippen LogP contribution in [0.2, 0.25) is 0 Å². The van der Waals surface area contributed by atoms with Crippen molar-refractivity contribution in [2.45, 2.75) is 26.4 Å². The van der Waals surface area contributed by atoms with Crippen LogP contribution in [0.1, 0.15) is 25.1 Å². The van der Waals surface area contributed by atoms with Gasteiger partial charge in [-0.1, -0.05) is 12.1 Å². The summed E-state index contributed by atoms with van der Waals surface area (Å²) < 4.78 is 10.2. The van der Waals surface area contributed by atoms with Crippen molar-refractivity contribution in [1.29, 1.82) is 0 Å². The van der Waals surface area contributed by atoms with Crippen LogP contribution in [0.5, 0.6) is 0 Å². The summed E-state index contributed by atoms with van der Waals surface area (Å²) >= 11 is 0. The Kier molecular flexibility index (Phi) is 4.42. The average Bonchev–Trinajstić information content (AvgIpc) is 2.60. The fourth-order valence-corrected chi connectivity index (χ4v) is 0.841. The van der Waals surface area contributed by atoms with Gasteiger partial charge in [0.25, 0.3) is 0 Å². The highest BCUT2D eigenvalue weighted by Gasteiger charge is 2.03. The maximum absolute atomic E-state index is 5.30. The molecule has 0 bridgehead atoms. The standard InChI is InChI=1S/C8H15N3O2/c1-2-8-10-7(11-13-8)6-12-5-3-4-9/h2-6,9H2,1H3. The minimum absolute atomic E-state index is 0.406. The van der Waals surface area contributed by atoms with Crippen molar-refractivity contribution in [1.82, 2.24) is 10.1 Å². The third kappa shape index (κ3) is 3.52. The van der Waals surface area contributed by atoms with E-state index >= 15 is 0 Å². The third-order valence-electron chi connectivity index (χ3n) is 1.54. The monoisotopic (exact) mass is 185 g/mol. The fraction of sp³-hybridized carbons (Fsp3) is 0.750. The highest BCUT2D eigenvalue weighted by Crippen LogP contribution is 1.99. The molecule has 0 unspecified atom stereocenters. The molecule has 1 rings (SSSR count).